The lowest BCUT2D eigenvalue weighted by molar-refractivity contribution is 0.0697. The maximum absolute atomic E-state index is 11.2. The van der Waals surface area contributed by atoms with Gasteiger partial charge in [-0.05, 0) is 50.2 Å². The number of nitrogens with one attached hydrogen (secondary N) is 1. The van der Waals surface area contributed by atoms with Gasteiger partial charge >= 0.3 is 5.97 Å². The van der Waals surface area contributed by atoms with Gasteiger partial charge in [0.25, 0.3) is 0 Å². The van der Waals surface area contributed by atoms with Gasteiger partial charge in [-0.2, -0.15) is 5.10 Å². The molecule has 0 unspecified atom stereocenters. The molecule has 2 heterocycles. The normalized spacial score (nSPS) is 10.9. The summed E-state index contributed by atoms with van der Waals surface area (Å²) in [5.74, 6) is 0.0736. The number of anilines is 2. The number of benzene rings is 2. The van der Waals surface area contributed by atoms with E-state index in [0.29, 0.717) is 17.3 Å². The Kier molecular flexibility index (Phi) is 4.04. The molecule has 0 radical (unpaired) electrons. The standard InChI is InChI=1S/C20H17N5O2/c1-12-10-13(2)25(24-12)19-18(22-16-8-3-4-9-17(16)23-19)21-15-7-5-6-14(11-15)20(26)27/h3-11H,1-2H3,(H,21,22)(H,26,27). The molecular weight excluding hydrogens is 342 g/mol. The summed E-state index contributed by atoms with van der Waals surface area (Å²) in [6.07, 6.45) is 0. The van der Waals surface area contributed by atoms with Crippen molar-refractivity contribution in [3.8, 4) is 5.82 Å². The third-order valence-electron chi connectivity index (χ3n) is 4.13. The number of carboxylic acids is 1. The van der Waals surface area contributed by atoms with E-state index < -0.39 is 5.97 Å². The quantitative estimate of drug-likeness (QED) is 0.574. The zero-order valence-corrected chi connectivity index (χ0v) is 14.8. The maximum Gasteiger partial charge on any atom is 0.335 e. The molecule has 2 aromatic carbocycles. The molecule has 0 amide bonds. The SMILES string of the molecule is Cc1cc(C)n(-c2nc3ccccc3nc2Nc2cccc(C(=O)O)c2)n1. The molecule has 0 aliphatic rings. The first-order chi connectivity index (χ1) is 13.0. The Morgan fingerprint density at radius 2 is 1.74 bits per heavy atom. The first-order valence-electron chi connectivity index (χ1n) is 8.42. The van der Waals surface area contributed by atoms with Gasteiger partial charge in [0, 0.05) is 11.4 Å². The number of nitrogens with zero attached hydrogens (tertiary/aromatic N) is 4. The number of aryl methyl sites for hydroxylation is 2. The lowest BCUT2D eigenvalue weighted by Gasteiger charge is -2.13. The van der Waals surface area contributed by atoms with Crippen LogP contribution in [-0.4, -0.2) is 30.8 Å². The van der Waals surface area contributed by atoms with Gasteiger partial charge in [0.2, 0.25) is 0 Å². The van der Waals surface area contributed by atoms with E-state index in [9.17, 15) is 9.90 Å². The summed E-state index contributed by atoms with van der Waals surface area (Å²) in [6.45, 7) is 3.87. The van der Waals surface area contributed by atoms with Crippen molar-refractivity contribution in [2.24, 2.45) is 0 Å². The molecule has 2 aromatic heterocycles. The Balaban J connectivity index is 1.88. The number of rotatable bonds is 4. The lowest BCUT2D eigenvalue weighted by atomic mass is 10.2. The molecule has 0 bridgehead atoms. The van der Waals surface area contributed by atoms with Crippen LogP contribution in [0.5, 0.6) is 0 Å². The molecule has 0 aliphatic carbocycles. The molecule has 27 heavy (non-hydrogen) atoms. The minimum Gasteiger partial charge on any atom is -0.478 e. The molecule has 2 N–H and O–H groups in total. The number of carbonyl (C=O) groups is 1. The molecule has 0 fully saturated rings. The highest BCUT2D eigenvalue weighted by Crippen LogP contribution is 2.25. The van der Waals surface area contributed by atoms with E-state index in [1.54, 1.807) is 28.9 Å². The fraction of sp³-hybridized carbons (Fsp3) is 0.100. The number of hydrogen-bond donors (Lipinski definition) is 2. The maximum atomic E-state index is 11.2. The first kappa shape index (κ1) is 16.7. The van der Waals surface area contributed by atoms with E-state index in [2.05, 4.69) is 15.4 Å². The van der Waals surface area contributed by atoms with Crippen LogP contribution >= 0.6 is 0 Å². The predicted octanol–water partition coefficient (Wildman–Crippen LogP) is 3.87. The summed E-state index contributed by atoms with van der Waals surface area (Å²) in [4.78, 5) is 20.7. The van der Waals surface area contributed by atoms with Crippen molar-refractivity contribution in [3.63, 3.8) is 0 Å². The summed E-state index contributed by atoms with van der Waals surface area (Å²) in [6, 6.07) is 16.1. The van der Waals surface area contributed by atoms with Crippen LogP contribution in [0.2, 0.25) is 0 Å². The van der Waals surface area contributed by atoms with Gasteiger partial charge in [-0.15, -0.1) is 0 Å². The monoisotopic (exact) mass is 359 g/mol. The molecule has 0 atom stereocenters. The Labute approximate surface area is 155 Å². The topological polar surface area (TPSA) is 92.9 Å². The Morgan fingerprint density at radius 1 is 1.00 bits per heavy atom. The second-order valence-electron chi connectivity index (χ2n) is 6.23. The van der Waals surface area contributed by atoms with Gasteiger partial charge in [-0.25, -0.2) is 19.4 Å². The summed E-state index contributed by atoms with van der Waals surface area (Å²) in [5.41, 5.74) is 4.11. The number of carboxylic acid groups (broad SMARTS) is 1. The van der Waals surface area contributed by atoms with E-state index in [0.717, 1.165) is 22.4 Å². The molecule has 0 saturated carbocycles. The Morgan fingerprint density at radius 3 is 2.41 bits per heavy atom. The van der Waals surface area contributed by atoms with Gasteiger partial charge in [-0.1, -0.05) is 18.2 Å². The Hall–Kier alpha value is -3.74. The zero-order chi connectivity index (χ0) is 19.0. The van der Waals surface area contributed by atoms with Gasteiger partial charge < -0.3 is 10.4 Å². The highest BCUT2D eigenvalue weighted by Gasteiger charge is 2.15. The molecule has 0 aliphatic heterocycles. The van der Waals surface area contributed by atoms with E-state index in [4.69, 9.17) is 4.98 Å². The molecule has 134 valence electrons. The number of para-hydroxylation sites is 2. The minimum absolute atomic E-state index is 0.196. The predicted molar refractivity (Wildman–Crippen MR) is 103 cm³/mol. The van der Waals surface area contributed by atoms with Crippen molar-refractivity contribution in [1.29, 1.82) is 0 Å². The van der Waals surface area contributed by atoms with Crippen LogP contribution in [0, 0.1) is 13.8 Å². The number of hydrogen-bond acceptors (Lipinski definition) is 5. The van der Waals surface area contributed by atoms with E-state index in [-0.39, 0.29) is 5.56 Å². The van der Waals surface area contributed by atoms with Crippen molar-refractivity contribution in [2.75, 3.05) is 5.32 Å². The van der Waals surface area contributed by atoms with Crippen LogP contribution in [0.15, 0.2) is 54.6 Å². The fourth-order valence-electron chi connectivity index (χ4n) is 2.93. The van der Waals surface area contributed by atoms with E-state index in [1.165, 1.54) is 0 Å². The van der Waals surface area contributed by atoms with Gasteiger partial charge in [0.05, 0.1) is 22.3 Å². The van der Waals surface area contributed by atoms with E-state index in [1.807, 2.05) is 44.2 Å². The number of fused-ring (bicyclic) bond motifs is 1. The van der Waals surface area contributed by atoms with Crippen molar-refractivity contribution in [1.82, 2.24) is 19.7 Å². The Bertz CT molecular complexity index is 1170. The average Bonchev–Trinajstić information content (AvgIpc) is 2.99. The van der Waals surface area contributed by atoms with Crippen LogP contribution < -0.4 is 5.32 Å². The molecule has 7 heteroatoms. The second kappa shape index (κ2) is 6.53. The summed E-state index contributed by atoms with van der Waals surface area (Å²) >= 11 is 0. The lowest BCUT2D eigenvalue weighted by Crippen LogP contribution is -2.09. The first-order valence-corrected chi connectivity index (χ1v) is 8.42. The van der Waals surface area contributed by atoms with Crippen LogP contribution in [-0.2, 0) is 0 Å². The van der Waals surface area contributed by atoms with Gasteiger partial charge in [0.1, 0.15) is 0 Å². The summed E-state index contributed by atoms with van der Waals surface area (Å²) in [5, 5.41) is 16.9. The molecule has 7 nitrogen and oxygen atoms in total. The zero-order valence-electron chi connectivity index (χ0n) is 14.8. The minimum atomic E-state index is -0.984. The molecule has 0 saturated heterocycles. The van der Waals surface area contributed by atoms with Crippen molar-refractivity contribution in [3.05, 3.63) is 71.5 Å². The number of aromatic nitrogens is 4. The second-order valence-corrected chi connectivity index (χ2v) is 6.23. The van der Waals surface area contributed by atoms with Gasteiger partial charge in [-0.3, -0.25) is 0 Å². The molecular formula is C20H17N5O2. The highest BCUT2D eigenvalue weighted by atomic mass is 16.4. The smallest absolute Gasteiger partial charge is 0.335 e. The largest absolute Gasteiger partial charge is 0.478 e. The molecule has 4 aromatic rings. The number of aromatic carboxylic acids is 1. The third kappa shape index (κ3) is 3.22. The fourth-order valence-corrected chi connectivity index (χ4v) is 2.93. The van der Waals surface area contributed by atoms with Crippen LogP contribution in [0.25, 0.3) is 16.9 Å². The van der Waals surface area contributed by atoms with Crippen molar-refractivity contribution < 1.29 is 9.90 Å². The molecule has 0 spiro atoms. The van der Waals surface area contributed by atoms with Crippen molar-refractivity contribution >= 4 is 28.5 Å². The summed E-state index contributed by atoms with van der Waals surface area (Å²) < 4.78 is 1.73. The van der Waals surface area contributed by atoms with Gasteiger partial charge in [0.15, 0.2) is 11.6 Å². The molecule has 4 rings (SSSR count). The van der Waals surface area contributed by atoms with Crippen LogP contribution in [0.1, 0.15) is 21.7 Å². The third-order valence-corrected chi connectivity index (χ3v) is 4.13. The summed E-state index contributed by atoms with van der Waals surface area (Å²) in [7, 11) is 0. The van der Waals surface area contributed by atoms with Crippen molar-refractivity contribution in [2.45, 2.75) is 13.8 Å². The van der Waals surface area contributed by atoms with Crippen LogP contribution in [0.3, 0.4) is 0 Å². The average molecular weight is 359 g/mol. The highest BCUT2D eigenvalue weighted by molar-refractivity contribution is 5.89. The van der Waals surface area contributed by atoms with E-state index >= 15 is 0 Å². The van der Waals surface area contributed by atoms with Crippen LogP contribution in [0.4, 0.5) is 11.5 Å².